The van der Waals surface area contributed by atoms with Crippen LogP contribution in [-0.4, -0.2) is 38.8 Å². The van der Waals surface area contributed by atoms with Gasteiger partial charge in [-0.2, -0.15) is 0 Å². The molecule has 1 N–H and O–H groups in total. The summed E-state index contributed by atoms with van der Waals surface area (Å²) in [6.45, 7) is 5.03. The fraction of sp³-hybridized carbons (Fsp3) is 0.533. The standard InChI is InChI=1S/C15H22N2O2/c1-3-6-12-11-17(10-9-16-12)14-8-5-4-7-13(14)15(18)19-2/h4-5,7-8,12,16H,3,6,9-11H2,1-2H3/t12-/m0/s1. The van der Waals surface area contributed by atoms with E-state index in [2.05, 4.69) is 17.1 Å². The molecule has 0 saturated carbocycles. The van der Waals surface area contributed by atoms with Gasteiger partial charge < -0.3 is 15.0 Å². The molecule has 1 aliphatic heterocycles. The molecular formula is C15H22N2O2. The molecule has 0 amide bonds. The maximum Gasteiger partial charge on any atom is 0.339 e. The van der Waals surface area contributed by atoms with Crippen LogP contribution in [0.3, 0.4) is 0 Å². The maximum absolute atomic E-state index is 11.8. The van der Waals surface area contributed by atoms with Gasteiger partial charge in [0, 0.05) is 25.7 Å². The second-order valence-electron chi connectivity index (χ2n) is 4.89. The number of piperazine rings is 1. The first kappa shape index (κ1) is 13.9. The van der Waals surface area contributed by atoms with Crippen LogP contribution in [0, 0.1) is 0 Å². The number of esters is 1. The van der Waals surface area contributed by atoms with Gasteiger partial charge in [-0.3, -0.25) is 0 Å². The molecule has 0 unspecified atom stereocenters. The summed E-state index contributed by atoms with van der Waals surface area (Å²) < 4.78 is 4.86. The molecule has 4 heteroatoms. The van der Waals surface area contributed by atoms with Crippen LogP contribution in [0.15, 0.2) is 24.3 Å². The molecule has 1 aliphatic rings. The number of nitrogens with zero attached hydrogens (tertiary/aromatic N) is 1. The summed E-state index contributed by atoms with van der Waals surface area (Å²) in [6, 6.07) is 8.18. The highest BCUT2D eigenvalue weighted by Gasteiger charge is 2.22. The lowest BCUT2D eigenvalue weighted by Crippen LogP contribution is -2.51. The Morgan fingerprint density at radius 3 is 3.00 bits per heavy atom. The molecule has 0 radical (unpaired) electrons. The molecule has 4 nitrogen and oxygen atoms in total. The van der Waals surface area contributed by atoms with Gasteiger partial charge in [-0.15, -0.1) is 0 Å². The van der Waals surface area contributed by atoms with Crippen molar-refractivity contribution in [1.82, 2.24) is 5.32 Å². The lowest BCUT2D eigenvalue weighted by atomic mass is 10.1. The Hall–Kier alpha value is -1.55. The molecule has 1 fully saturated rings. The summed E-state index contributed by atoms with van der Waals surface area (Å²) in [5.41, 5.74) is 1.64. The third-order valence-corrected chi connectivity index (χ3v) is 3.54. The van der Waals surface area contributed by atoms with Crippen LogP contribution < -0.4 is 10.2 Å². The number of carbonyl (C=O) groups is 1. The maximum atomic E-state index is 11.8. The number of hydrogen-bond donors (Lipinski definition) is 1. The predicted molar refractivity (Wildman–Crippen MR) is 76.7 cm³/mol. The van der Waals surface area contributed by atoms with Crippen LogP contribution in [0.4, 0.5) is 5.69 Å². The molecule has 1 heterocycles. The van der Waals surface area contributed by atoms with Gasteiger partial charge in [0.2, 0.25) is 0 Å². The molecule has 0 aliphatic carbocycles. The van der Waals surface area contributed by atoms with Gasteiger partial charge in [0.05, 0.1) is 18.4 Å². The van der Waals surface area contributed by atoms with Crippen LogP contribution in [-0.2, 0) is 4.74 Å². The first-order valence-corrected chi connectivity index (χ1v) is 6.92. The van der Waals surface area contributed by atoms with E-state index in [1.807, 2.05) is 24.3 Å². The molecule has 2 rings (SSSR count). The lowest BCUT2D eigenvalue weighted by molar-refractivity contribution is 0.0601. The summed E-state index contributed by atoms with van der Waals surface area (Å²) in [7, 11) is 1.43. The summed E-state index contributed by atoms with van der Waals surface area (Å²) in [6.07, 6.45) is 2.33. The van der Waals surface area contributed by atoms with Crippen LogP contribution in [0.5, 0.6) is 0 Å². The number of ether oxygens (including phenoxy) is 1. The van der Waals surface area contributed by atoms with Crippen LogP contribution in [0.25, 0.3) is 0 Å². The zero-order valence-corrected chi connectivity index (χ0v) is 11.7. The van der Waals surface area contributed by atoms with E-state index in [1.165, 1.54) is 13.5 Å². The third-order valence-electron chi connectivity index (χ3n) is 3.54. The fourth-order valence-electron chi connectivity index (χ4n) is 2.62. The van der Waals surface area contributed by atoms with Gasteiger partial charge in [0.15, 0.2) is 0 Å². The van der Waals surface area contributed by atoms with E-state index in [1.54, 1.807) is 0 Å². The summed E-state index contributed by atoms with van der Waals surface area (Å²) in [5, 5.41) is 3.52. The van der Waals surface area contributed by atoms with Crippen molar-refractivity contribution in [3.05, 3.63) is 29.8 Å². The molecule has 0 bridgehead atoms. The highest BCUT2D eigenvalue weighted by Crippen LogP contribution is 2.23. The highest BCUT2D eigenvalue weighted by molar-refractivity contribution is 5.95. The Balaban J connectivity index is 2.19. The van der Waals surface area contributed by atoms with Crippen molar-refractivity contribution < 1.29 is 9.53 Å². The second-order valence-corrected chi connectivity index (χ2v) is 4.89. The van der Waals surface area contributed by atoms with E-state index < -0.39 is 0 Å². The van der Waals surface area contributed by atoms with Crippen molar-refractivity contribution in [1.29, 1.82) is 0 Å². The zero-order valence-electron chi connectivity index (χ0n) is 11.7. The van der Waals surface area contributed by atoms with Crippen molar-refractivity contribution in [3.8, 4) is 0 Å². The van der Waals surface area contributed by atoms with Crippen LogP contribution in [0.2, 0.25) is 0 Å². The molecule has 0 aromatic heterocycles. The van der Waals surface area contributed by atoms with Crippen molar-refractivity contribution in [3.63, 3.8) is 0 Å². The number of hydrogen-bond acceptors (Lipinski definition) is 4. The van der Waals surface area contributed by atoms with E-state index in [4.69, 9.17) is 4.74 Å². The monoisotopic (exact) mass is 262 g/mol. The van der Waals surface area contributed by atoms with Gasteiger partial charge in [-0.05, 0) is 18.6 Å². The molecule has 104 valence electrons. The first-order chi connectivity index (χ1) is 9.26. The highest BCUT2D eigenvalue weighted by atomic mass is 16.5. The topological polar surface area (TPSA) is 41.6 Å². The Morgan fingerprint density at radius 1 is 1.47 bits per heavy atom. The summed E-state index contributed by atoms with van der Waals surface area (Å²) in [5.74, 6) is -0.263. The molecule has 1 aromatic carbocycles. The third kappa shape index (κ3) is 3.26. The average molecular weight is 262 g/mol. The predicted octanol–water partition coefficient (Wildman–Crippen LogP) is 2.05. The summed E-state index contributed by atoms with van der Waals surface area (Å²) >= 11 is 0. The normalized spacial score (nSPS) is 19.3. The van der Waals surface area contributed by atoms with Gasteiger partial charge >= 0.3 is 5.97 Å². The first-order valence-electron chi connectivity index (χ1n) is 6.92. The SMILES string of the molecule is CCC[C@H]1CN(c2ccccc2C(=O)OC)CCN1. The van der Waals surface area contributed by atoms with Crippen molar-refractivity contribution in [2.24, 2.45) is 0 Å². The molecule has 1 atom stereocenters. The number of methoxy groups -OCH3 is 1. The molecule has 1 saturated heterocycles. The molecule has 1 aromatic rings. The van der Waals surface area contributed by atoms with Gasteiger partial charge in [0.25, 0.3) is 0 Å². The van der Waals surface area contributed by atoms with E-state index in [0.717, 1.165) is 31.7 Å². The van der Waals surface area contributed by atoms with E-state index in [-0.39, 0.29) is 5.97 Å². The Labute approximate surface area is 114 Å². The van der Waals surface area contributed by atoms with Crippen molar-refractivity contribution in [2.45, 2.75) is 25.8 Å². The van der Waals surface area contributed by atoms with Gasteiger partial charge in [-0.1, -0.05) is 25.5 Å². The number of anilines is 1. The summed E-state index contributed by atoms with van der Waals surface area (Å²) in [4.78, 5) is 14.1. The Bertz CT molecular complexity index is 432. The quantitative estimate of drug-likeness (QED) is 0.843. The number of benzene rings is 1. The smallest absolute Gasteiger partial charge is 0.339 e. The number of para-hydroxylation sites is 1. The number of nitrogens with one attached hydrogen (secondary N) is 1. The fourth-order valence-corrected chi connectivity index (χ4v) is 2.62. The van der Waals surface area contributed by atoms with E-state index >= 15 is 0 Å². The van der Waals surface area contributed by atoms with Crippen LogP contribution >= 0.6 is 0 Å². The number of rotatable bonds is 4. The van der Waals surface area contributed by atoms with Crippen molar-refractivity contribution >= 4 is 11.7 Å². The van der Waals surface area contributed by atoms with Crippen molar-refractivity contribution in [2.75, 3.05) is 31.6 Å². The minimum atomic E-state index is -0.263. The van der Waals surface area contributed by atoms with Gasteiger partial charge in [0.1, 0.15) is 0 Å². The van der Waals surface area contributed by atoms with E-state index in [0.29, 0.717) is 11.6 Å². The Kier molecular flexibility index (Phi) is 4.80. The lowest BCUT2D eigenvalue weighted by Gasteiger charge is -2.36. The molecule has 0 spiro atoms. The zero-order chi connectivity index (χ0) is 13.7. The van der Waals surface area contributed by atoms with E-state index in [9.17, 15) is 4.79 Å². The minimum absolute atomic E-state index is 0.263. The average Bonchev–Trinajstić information content (AvgIpc) is 2.47. The molecule has 19 heavy (non-hydrogen) atoms. The van der Waals surface area contributed by atoms with Crippen LogP contribution in [0.1, 0.15) is 30.1 Å². The number of carbonyl (C=O) groups excluding carboxylic acids is 1. The minimum Gasteiger partial charge on any atom is -0.465 e. The largest absolute Gasteiger partial charge is 0.465 e. The Morgan fingerprint density at radius 2 is 2.26 bits per heavy atom. The molecular weight excluding hydrogens is 240 g/mol. The second kappa shape index (κ2) is 6.57. The van der Waals surface area contributed by atoms with Gasteiger partial charge in [-0.25, -0.2) is 4.79 Å².